The molecule has 2 rings (SSSR count). The second-order valence-corrected chi connectivity index (χ2v) is 4.11. The Morgan fingerprint density at radius 2 is 1.94 bits per heavy atom. The summed E-state index contributed by atoms with van der Waals surface area (Å²) in [6.45, 7) is 4.44. The molecule has 16 heavy (non-hydrogen) atoms. The third-order valence-corrected chi connectivity index (χ3v) is 2.88. The van der Waals surface area contributed by atoms with Gasteiger partial charge in [-0.25, -0.2) is 15.0 Å². The van der Waals surface area contributed by atoms with E-state index in [2.05, 4.69) is 33.4 Å². The van der Waals surface area contributed by atoms with Crippen molar-refractivity contribution < 1.29 is 0 Å². The minimum atomic E-state index is 0.523. The van der Waals surface area contributed by atoms with Gasteiger partial charge in [-0.05, 0) is 12.8 Å². The first-order chi connectivity index (χ1) is 7.86. The molecule has 0 amide bonds. The van der Waals surface area contributed by atoms with Gasteiger partial charge in [0, 0.05) is 6.04 Å². The van der Waals surface area contributed by atoms with E-state index < -0.39 is 0 Å². The Kier molecular flexibility index (Phi) is 3.49. The van der Waals surface area contributed by atoms with Crippen molar-refractivity contribution in [3.8, 4) is 0 Å². The van der Waals surface area contributed by atoms with Crippen LogP contribution in [0.2, 0.25) is 0 Å². The summed E-state index contributed by atoms with van der Waals surface area (Å²) in [7, 11) is 0. The van der Waals surface area contributed by atoms with Crippen LogP contribution in [0.5, 0.6) is 0 Å². The second-order valence-electron chi connectivity index (χ2n) is 4.11. The summed E-state index contributed by atoms with van der Waals surface area (Å²) in [6, 6.07) is 0.523. The van der Waals surface area contributed by atoms with Crippen molar-refractivity contribution in [3.63, 3.8) is 0 Å². The fourth-order valence-corrected chi connectivity index (χ4v) is 2.14. The molecule has 0 N–H and O–H groups in total. The van der Waals surface area contributed by atoms with Crippen LogP contribution in [-0.2, 0) is 0 Å². The molecule has 0 bridgehead atoms. The molecule has 0 aliphatic carbocycles. The Hall–Kier alpha value is -1.45. The summed E-state index contributed by atoms with van der Waals surface area (Å²) in [5.74, 6) is 0. The van der Waals surface area contributed by atoms with Crippen molar-refractivity contribution in [2.45, 2.75) is 45.6 Å². The van der Waals surface area contributed by atoms with E-state index in [1.807, 2.05) is 6.33 Å². The van der Waals surface area contributed by atoms with E-state index in [0.717, 1.165) is 11.2 Å². The second kappa shape index (κ2) is 5.05. The van der Waals surface area contributed by atoms with Crippen LogP contribution >= 0.6 is 0 Å². The molecule has 0 radical (unpaired) electrons. The highest BCUT2D eigenvalue weighted by atomic mass is 15.1. The van der Waals surface area contributed by atoms with Crippen molar-refractivity contribution in [1.29, 1.82) is 0 Å². The van der Waals surface area contributed by atoms with Gasteiger partial charge in [-0.15, -0.1) is 0 Å². The van der Waals surface area contributed by atoms with Gasteiger partial charge in [-0.2, -0.15) is 0 Å². The summed E-state index contributed by atoms with van der Waals surface area (Å²) < 4.78 is 2.20. The highest BCUT2D eigenvalue weighted by Gasteiger charge is 2.13. The summed E-state index contributed by atoms with van der Waals surface area (Å²) in [5.41, 5.74) is 1.85. The molecule has 0 saturated carbocycles. The monoisotopic (exact) mass is 218 g/mol. The largest absolute Gasteiger partial charge is 0.312 e. The molecular weight excluding hydrogens is 200 g/mol. The molecule has 0 fully saturated rings. The first-order valence-corrected chi connectivity index (χ1v) is 5.99. The fraction of sp³-hybridized carbons (Fsp3) is 0.583. The molecular formula is C12H18N4. The molecule has 4 nitrogen and oxygen atoms in total. The summed E-state index contributed by atoms with van der Waals surface area (Å²) in [4.78, 5) is 12.6. The maximum atomic E-state index is 4.34. The minimum absolute atomic E-state index is 0.523. The van der Waals surface area contributed by atoms with Crippen LogP contribution in [0.25, 0.3) is 11.2 Å². The number of rotatable bonds is 5. The predicted molar refractivity (Wildman–Crippen MR) is 64.2 cm³/mol. The topological polar surface area (TPSA) is 43.6 Å². The van der Waals surface area contributed by atoms with E-state index in [-0.39, 0.29) is 0 Å². The molecule has 2 heterocycles. The van der Waals surface area contributed by atoms with Crippen LogP contribution in [0.1, 0.15) is 45.6 Å². The Morgan fingerprint density at radius 1 is 1.19 bits per heavy atom. The molecule has 0 spiro atoms. The van der Waals surface area contributed by atoms with Crippen molar-refractivity contribution >= 4 is 11.2 Å². The van der Waals surface area contributed by atoms with E-state index in [1.54, 1.807) is 12.5 Å². The maximum Gasteiger partial charge on any atom is 0.163 e. The lowest BCUT2D eigenvalue weighted by atomic mass is 10.1. The molecule has 0 unspecified atom stereocenters. The Labute approximate surface area is 95.7 Å². The zero-order chi connectivity index (χ0) is 11.4. The number of imidazole rings is 1. The van der Waals surface area contributed by atoms with E-state index in [0.29, 0.717) is 6.04 Å². The van der Waals surface area contributed by atoms with Gasteiger partial charge in [-0.1, -0.05) is 26.7 Å². The van der Waals surface area contributed by atoms with Crippen LogP contribution < -0.4 is 0 Å². The van der Waals surface area contributed by atoms with Crippen LogP contribution in [0, 0.1) is 0 Å². The molecule has 4 heteroatoms. The first kappa shape index (κ1) is 11.0. The maximum absolute atomic E-state index is 4.34. The Bertz CT molecular complexity index is 443. The molecule has 0 atom stereocenters. The standard InChI is InChI=1S/C12H18N4/c1-3-5-10(6-4-2)16-9-15-11-7-13-8-14-12(11)16/h7-10H,3-6H2,1-2H3. The van der Waals surface area contributed by atoms with Crippen LogP contribution in [0.3, 0.4) is 0 Å². The summed E-state index contributed by atoms with van der Waals surface area (Å²) in [6.07, 6.45) is 10.0. The van der Waals surface area contributed by atoms with E-state index in [4.69, 9.17) is 0 Å². The highest BCUT2D eigenvalue weighted by molar-refractivity contribution is 5.68. The number of hydrogen-bond acceptors (Lipinski definition) is 3. The number of fused-ring (bicyclic) bond motifs is 1. The molecule has 86 valence electrons. The molecule has 0 saturated heterocycles. The highest BCUT2D eigenvalue weighted by Crippen LogP contribution is 2.23. The van der Waals surface area contributed by atoms with Gasteiger partial charge in [0.05, 0.1) is 12.5 Å². The Balaban J connectivity index is 2.36. The lowest BCUT2D eigenvalue weighted by Gasteiger charge is -2.17. The summed E-state index contributed by atoms with van der Waals surface area (Å²) in [5, 5.41) is 0. The van der Waals surface area contributed by atoms with Gasteiger partial charge >= 0.3 is 0 Å². The number of hydrogen-bond donors (Lipinski definition) is 0. The molecule has 0 aliphatic heterocycles. The van der Waals surface area contributed by atoms with Gasteiger partial charge in [-0.3, -0.25) is 0 Å². The average molecular weight is 218 g/mol. The third-order valence-electron chi connectivity index (χ3n) is 2.88. The zero-order valence-corrected chi connectivity index (χ0v) is 9.93. The zero-order valence-electron chi connectivity index (χ0n) is 9.93. The van der Waals surface area contributed by atoms with Gasteiger partial charge in [0.15, 0.2) is 5.65 Å². The number of nitrogens with zero attached hydrogens (tertiary/aromatic N) is 4. The van der Waals surface area contributed by atoms with Crippen molar-refractivity contribution in [3.05, 3.63) is 18.9 Å². The average Bonchev–Trinajstić information content (AvgIpc) is 2.72. The Morgan fingerprint density at radius 3 is 2.62 bits per heavy atom. The molecule has 2 aromatic rings. The lowest BCUT2D eigenvalue weighted by molar-refractivity contribution is 0.434. The quantitative estimate of drug-likeness (QED) is 0.775. The van der Waals surface area contributed by atoms with Crippen LogP contribution in [-0.4, -0.2) is 19.5 Å². The van der Waals surface area contributed by atoms with Gasteiger partial charge in [0.1, 0.15) is 11.8 Å². The van der Waals surface area contributed by atoms with Crippen LogP contribution in [0.15, 0.2) is 18.9 Å². The van der Waals surface area contributed by atoms with E-state index >= 15 is 0 Å². The number of aromatic nitrogens is 4. The minimum Gasteiger partial charge on any atom is -0.312 e. The molecule has 0 aromatic carbocycles. The van der Waals surface area contributed by atoms with E-state index in [1.165, 1.54) is 25.7 Å². The van der Waals surface area contributed by atoms with Crippen LogP contribution in [0.4, 0.5) is 0 Å². The molecule has 0 aliphatic rings. The van der Waals surface area contributed by atoms with E-state index in [9.17, 15) is 0 Å². The van der Waals surface area contributed by atoms with Gasteiger partial charge < -0.3 is 4.57 Å². The normalized spacial score (nSPS) is 11.4. The van der Waals surface area contributed by atoms with Gasteiger partial charge in [0.25, 0.3) is 0 Å². The van der Waals surface area contributed by atoms with Gasteiger partial charge in [0.2, 0.25) is 0 Å². The van der Waals surface area contributed by atoms with Crippen molar-refractivity contribution in [1.82, 2.24) is 19.5 Å². The first-order valence-electron chi connectivity index (χ1n) is 5.99. The third kappa shape index (κ3) is 2.05. The SMILES string of the molecule is CCCC(CCC)n1cnc2cncnc21. The molecule has 2 aromatic heterocycles. The van der Waals surface area contributed by atoms with Crippen molar-refractivity contribution in [2.75, 3.05) is 0 Å². The predicted octanol–water partition coefficient (Wildman–Crippen LogP) is 2.97. The summed E-state index contributed by atoms with van der Waals surface area (Å²) >= 11 is 0. The fourth-order valence-electron chi connectivity index (χ4n) is 2.14. The lowest BCUT2D eigenvalue weighted by Crippen LogP contribution is -2.08. The van der Waals surface area contributed by atoms with Crippen molar-refractivity contribution in [2.24, 2.45) is 0 Å². The smallest absolute Gasteiger partial charge is 0.163 e.